The molecule has 0 aliphatic rings. The number of rotatable bonds is 7. The number of nitrogens with one attached hydrogen (secondary N) is 2. The van der Waals surface area contributed by atoms with Crippen LogP contribution in [0.4, 0.5) is 0 Å². The maximum absolute atomic E-state index is 11.8. The molecule has 7 nitrogen and oxygen atoms in total. The van der Waals surface area contributed by atoms with Gasteiger partial charge in [0, 0.05) is 0 Å². The Labute approximate surface area is 119 Å². The van der Waals surface area contributed by atoms with Crippen molar-refractivity contribution in [2.45, 2.75) is 39.3 Å². The van der Waals surface area contributed by atoms with Gasteiger partial charge in [-0.2, -0.15) is 0 Å². The average Bonchev–Trinajstić information content (AvgIpc) is 2.33. The largest absolute Gasteiger partial charge is 0.368 e. The van der Waals surface area contributed by atoms with Crippen molar-refractivity contribution in [2.24, 2.45) is 17.4 Å². The third-order valence-corrected chi connectivity index (χ3v) is 2.77. The molecule has 19 heavy (non-hydrogen) atoms. The summed E-state index contributed by atoms with van der Waals surface area (Å²) in [6.07, 6.45) is 0.706. The smallest absolute Gasteiger partial charge is 0.242 e. The van der Waals surface area contributed by atoms with Gasteiger partial charge in [-0.1, -0.05) is 20.3 Å². The first-order valence-electron chi connectivity index (χ1n) is 5.92. The summed E-state index contributed by atoms with van der Waals surface area (Å²) in [5.74, 6) is -1.54. The number of primary amides is 1. The third kappa shape index (κ3) is 6.97. The van der Waals surface area contributed by atoms with Crippen LogP contribution in [0.1, 0.15) is 27.2 Å². The Morgan fingerprint density at radius 2 is 1.68 bits per heavy atom. The second-order valence-electron chi connectivity index (χ2n) is 4.27. The third-order valence-electron chi connectivity index (χ3n) is 2.77. The minimum Gasteiger partial charge on any atom is -0.368 e. The maximum Gasteiger partial charge on any atom is 0.242 e. The Morgan fingerprint density at radius 1 is 1.16 bits per heavy atom. The predicted octanol–water partition coefficient (Wildman–Crippen LogP) is -1.11. The molecular formula is C11H23ClN4O3. The molecule has 0 aromatic carbocycles. The monoisotopic (exact) mass is 294 g/mol. The first kappa shape index (κ1) is 20.0. The summed E-state index contributed by atoms with van der Waals surface area (Å²) >= 11 is 0. The van der Waals surface area contributed by atoms with Crippen LogP contribution < -0.4 is 22.1 Å². The molecule has 0 saturated carbocycles. The molecule has 0 fully saturated rings. The highest BCUT2D eigenvalue weighted by Crippen LogP contribution is 2.07. The van der Waals surface area contributed by atoms with Gasteiger partial charge in [0.1, 0.15) is 12.1 Å². The van der Waals surface area contributed by atoms with Gasteiger partial charge < -0.3 is 22.1 Å². The summed E-state index contributed by atoms with van der Waals surface area (Å²) in [4.78, 5) is 34.0. The van der Waals surface area contributed by atoms with E-state index in [4.69, 9.17) is 11.5 Å². The standard InChI is InChI=1S/C11H22N4O3.ClH/c1-4-6(2)9(10(13)17)15-11(18)7(3)14-8(16)5-12;/h6-7,9H,4-5,12H2,1-3H3,(H2,13,17)(H,14,16)(H,15,18);1H. The molecule has 3 atom stereocenters. The number of carbonyl (C=O) groups is 3. The fourth-order valence-electron chi connectivity index (χ4n) is 1.37. The summed E-state index contributed by atoms with van der Waals surface area (Å²) in [5, 5.41) is 4.93. The van der Waals surface area contributed by atoms with Gasteiger partial charge >= 0.3 is 0 Å². The van der Waals surface area contributed by atoms with Gasteiger partial charge in [-0.25, -0.2) is 0 Å². The molecule has 0 heterocycles. The van der Waals surface area contributed by atoms with Crippen LogP contribution in [0.5, 0.6) is 0 Å². The highest BCUT2D eigenvalue weighted by atomic mass is 35.5. The van der Waals surface area contributed by atoms with Crippen LogP contribution in [0.3, 0.4) is 0 Å². The van der Waals surface area contributed by atoms with Crippen molar-refractivity contribution in [1.82, 2.24) is 10.6 Å². The maximum atomic E-state index is 11.8. The van der Waals surface area contributed by atoms with Gasteiger partial charge in [-0.15, -0.1) is 12.4 Å². The van der Waals surface area contributed by atoms with Crippen LogP contribution in [0, 0.1) is 5.92 Å². The molecule has 6 N–H and O–H groups in total. The van der Waals surface area contributed by atoms with Gasteiger partial charge in [-0.05, 0) is 12.8 Å². The van der Waals surface area contributed by atoms with Crippen molar-refractivity contribution in [3.63, 3.8) is 0 Å². The fraction of sp³-hybridized carbons (Fsp3) is 0.727. The Bertz CT molecular complexity index is 325. The van der Waals surface area contributed by atoms with E-state index >= 15 is 0 Å². The molecule has 0 saturated heterocycles. The molecule has 3 amide bonds. The quantitative estimate of drug-likeness (QED) is 0.474. The van der Waals surface area contributed by atoms with Crippen LogP contribution in [0.15, 0.2) is 0 Å². The molecule has 0 radical (unpaired) electrons. The predicted molar refractivity (Wildman–Crippen MR) is 74.5 cm³/mol. The van der Waals surface area contributed by atoms with E-state index in [1.54, 1.807) is 0 Å². The second kappa shape index (κ2) is 9.57. The highest BCUT2D eigenvalue weighted by molar-refractivity contribution is 5.91. The number of nitrogens with two attached hydrogens (primary N) is 2. The van der Waals surface area contributed by atoms with Crippen molar-refractivity contribution in [1.29, 1.82) is 0 Å². The van der Waals surface area contributed by atoms with E-state index in [-0.39, 0.29) is 24.9 Å². The van der Waals surface area contributed by atoms with Crippen molar-refractivity contribution in [3.05, 3.63) is 0 Å². The molecule has 0 bridgehead atoms. The topological polar surface area (TPSA) is 127 Å². The summed E-state index contributed by atoms with van der Waals surface area (Å²) < 4.78 is 0. The Morgan fingerprint density at radius 3 is 2.05 bits per heavy atom. The Hall–Kier alpha value is -1.34. The number of halogens is 1. The highest BCUT2D eigenvalue weighted by Gasteiger charge is 2.26. The lowest BCUT2D eigenvalue weighted by atomic mass is 9.98. The van der Waals surface area contributed by atoms with E-state index in [1.165, 1.54) is 6.92 Å². The molecule has 0 aliphatic heterocycles. The lowest BCUT2D eigenvalue weighted by molar-refractivity contribution is -0.131. The van der Waals surface area contributed by atoms with Crippen LogP contribution in [0.2, 0.25) is 0 Å². The molecule has 0 aromatic rings. The minimum atomic E-state index is -0.757. The zero-order chi connectivity index (χ0) is 14.3. The van der Waals surface area contributed by atoms with Crippen LogP contribution in [-0.4, -0.2) is 36.3 Å². The molecule has 0 rings (SSSR count). The van der Waals surface area contributed by atoms with E-state index in [2.05, 4.69) is 10.6 Å². The van der Waals surface area contributed by atoms with Crippen LogP contribution in [-0.2, 0) is 14.4 Å². The van der Waals surface area contributed by atoms with Gasteiger partial charge in [0.2, 0.25) is 17.7 Å². The first-order chi connectivity index (χ1) is 8.33. The fourth-order valence-corrected chi connectivity index (χ4v) is 1.37. The van der Waals surface area contributed by atoms with Crippen molar-refractivity contribution >= 4 is 30.1 Å². The molecule has 0 aliphatic carbocycles. The lowest BCUT2D eigenvalue weighted by Crippen LogP contribution is -2.54. The molecule has 0 aromatic heterocycles. The minimum absolute atomic E-state index is 0. The molecular weight excluding hydrogens is 272 g/mol. The van der Waals surface area contributed by atoms with E-state index in [1.807, 2.05) is 13.8 Å². The van der Waals surface area contributed by atoms with Crippen LogP contribution in [0.25, 0.3) is 0 Å². The van der Waals surface area contributed by atoms with E-state index in [0.29, 0.717) is 6.42 Å². The molecule has 8 heteroatoms. The molecule has 0 spiro atoms. The van der Waals surface area contributed by atoms with Gasteiger partial charge in [-0.3, -0.25) is 14.4 Å². The van der Waals surface area contributed by atoms with Gasteiger partial charge in [0.25, 0.3) is 0 Å². The summed E-state index contributed by atoms with van der Waals surface area (Å²) in [5.41, 5.74) is 10.3. The number of hydrogen-bond donors (Lipinski definition) is 4. The van der Waals surface area contributed by atoms with E-state index in [9.17, 15) is 14.4 Å². The second-order valence-corrected chi connectivity index (χ2v) is 4.27. The Kier molecular flexibility index (Phi) is 10.1. The molecule has 112 valence electrons. The van der Waals surface area contributed by atoms with Crippen molar-refractivity contribution in [3.8, 4) is 0 Å². The van der Waals surface area contributed by atoms with E-state index in [0.717, 1.165) is 0 Å². The zero-order valence-corrected chi connectivity index (χ0v) is 12.3. The first-order valence-corrected chi connectivity index (χ1v) is 5.92. The SMILES string of the molecule is CCC(C)C(NC(=O)C(C)NC(=O)CN)C(N)=O.Cl. The Balaban J connectivity index is 0. The van der Waals surface area contributed by atoms with Crippen molar-refractivity contribution in [2.75, 3.05) is 6.54 Å². The zero-order valence-electron chi connectivity index (χ0n) is 11.4. The van der Waals surface area contributed by atoms with Gasteiger partial charge in [0.05, 0.1) is 6.54 Å². The average molecular weight is 295 g/mol. The summed E-state index contributed by atoms with van der Waals surface area (Å²) in [6.45, 7) is 5.03. The lowest BCUT2D eigenvalue weighted by Gasteiger charge is -2.23. The number of carbonyl (C=O) groups excluding carboxylic acids is 3. The normalized spacial score (nSPS) is 14.5. The van der Waals surface area contributed by atoms with Gasteiger partial charge in [0.15, 0.2) is 0 Å². The molecule has 3 unspecified atom stereocenters. The van der Waals surface area contributed by atoms with E-state index < -0.39 is 29.8 Å². The van der Waals surface area contributed by atoms with Crippen LogP contribution >= 0.6 is 12.4 Å². The number of hydrogen-bond acceptors (Lipinski definition) is 4. The van der Waals surface area contributed by atoms with Crippen molar-refractivity contribution < 1.29 is 14.4 Å². The summed E-state index contributed by atoms with van der Waals surface area (Å²) in [7, 11) is 0. The summed E-state index contributed by atoms with van der Waals surface area (Å²) in [6, 6.07) is -1.49. The number of amides is 3.